The van der Waals surface area contributed by atoms with Crippen LogP contribution >= 0.6 is 0 Å². The number of carbonyl (C=O) groups excluding carboxylic acids is 2. The van der Waals surface area contributed by atoms with Crippen molar-refractivity contribution >= 4 is 29.2 Å². The molecule has 7 nitrogen and oxygen atoms in total. The second kappa shape index (κ2) is 6.28. The third-order valence-corrected chi connectivity index (χ3v) is 3.60. The Morgan fingerprint density at radius 1 is 1.35 bits per heavy atom. The highest BCUT2D eigenvalue weighted by Gasteiger charge is 2.26. The van der Waals surface area contributed by atoms with Crippen LogP contribution in [0.4, 0.5) is 11.4 Å². The average molecular weight is 320 g/mol. The molecule has 0 spiro atoms. The summed E-state index contributed by atoms with van der Waals surface area (Å²) >= 11 is 0. The van der Waals surface area contributed by atoms with E-state index in [0.717, 1.165) is 0 Å². The van der Waals surface area contributed by atoms with Crippen molar-refractivity contribution in [3.8, 4) is 5.75 Å². The van der Waals surface area contributed by atoms with Gasteiger partial charge >= 0.3 is 5.97 Å². The summed E-state index contributed by atoms with van der Waals surface area (Å²) in [5, 5.41) is 11.6. The Hall–Kier alpha value is -2.57. The maximum Gasteiger partial charge on any atom is 0.303 e. The maximum absolute atomic E-state index is 12.1. The molecular formula is C16H20N2O5. The van der Waals surface area contributed by atoms with Gasteiger partial charge in [-0.2, -0.15) is 0 Å². The molecule has 2 N–H and O–H groups in total. The highest BCUT2D eigenvalue weighted by atomic mass is 16.5. The van der Waals surface area contributed by atoms with Gasteiger partial charge in [-0.05, 0) is 23.6 Å². The fourth-order valence-corrected chi connectivity index (χ4v) is 2.46. The number of carbonyl (C=O) groups is 3. The van der Waals surface area contributed by atoms with E-state index < -0.39 is 11.4 Å². The van der Waals surface area contributed by atoms with E-state index in [-0.39, 0.29) is 31.3 Å². The van der Waals surface area contributed by atoms with Crippen LogP contribution in [0.1, 0.15) is 26.7 Å². The summed E-state index contributed by atoms with van der Waals surface area (Å²) in [6.45, 7) is 3.46. The van der Waals surface area contributed by atoms with Gasteiger partial charge in [0, 0.05) is 19.2 Å². The third-order valence-electron chi connectivity index (χ3n) is 3.60. The number of carboxylic acids is 1. The molecule has 1 aromatic carbocycles. The fourth-order valence-electron chi connectivity index (χ4n) is 2.46. The topological polar surface area (TPSA) is 95.9 Å². The normalized spacial score (nSPS) is 14.0. The lowest BCUT2D eigenvalue weighted by molar-refractivity contribution is -0.139. The molecule has 0 atom stereocenters. The molecule has 2 amide bonds. The lowest BCUT2D eigenvalue weighted by Crippen LogP contribution is -2.35. The smallest absolute Gasteiger partial charge is 0.303 e. The Morgan fingerprint density at radius 3 is 2.70 bits per heavy atom. The summed E-state index contributed by atoms with van der Waals surface area (Å²) in [7, 11) is 1.64. The van der Waals surface area contributed by atoms with Crippen molar-refractivity contribution in [2.45, 2.75) is 26.7 Å². The molecule has 0 aliphatic carbocycles. The number of fused-ring (bicyclic) bond motifs is 1. The number of ether oxygens (including phenoxy) is 1. The minimum absolute atomic E-state index is 0.00141. The van der Waals surface area contributed by atoms with Gasteiger partial charge in [-0.15, -0.1) is 0 Å². The van der Waals surface area contributed by atoms with Crippen LogP contribution in [0.25, 0.3) is 0 Å². The summed E-state index contributed by atoms with van der Waals surface area (Å²) in [6.07, 6.45) is -0.00264. The molecule has 0 bridgehead atoms. The monoisotopic (exact) mass is 320 g/mol. The van der Waals surface area contributed by atoms with Crippen LogP contribution in [0.2, 0.25) is 0 Å². The van der Waals surface area contributed by atoms with E-state index in [9.17, 15) is 14.4 Å². The van der Waals surface area contributed by atoms with Gasteiger partial charge in [0.2, 0.25) is 5.91 Å². The standard InChI is InChI=1S/C16H20N2O5/c1-16(2,8-15(21)22)7-13(19)17-10-4-5-12-11(6-10)18(3)14(20)9-23-12/h4-6H,7-9H2,1-3H3,(H,17,19)(H,21,22). The van der Waals surface area contributed by atoms with Gasteiger partial charge in [0.1, 0.15) is 5.75 Å². The molecule has 0 fully saturated rings. The number of benzene rings is 1. The lowest BCUT2D eigenvalue weighted by atomic mass is 9.85. The molecule has 1 aromatic rings. The van der Waals surface area contributed by atoms with Crippen LogP contribution in [0.3, 0.4) is 0 Å². The Balaban J connectivity index is 2.08. The lowest BCUT2D eigenvalue weighted by Gasteiger charge is -2.26. The van der Waals surface area contributed by atoms with Gasteiger partial charge in [0.05, 0.1) is 12.1 Å². The van der Waals surface area contributed by atoms with Gasteiger partial charge in [0.15, 0.2) is 6.61 Å². The van der Waals surface area contributed by atoms with Crippen molar-refractivity contribution in [2.24, 2.45) is 5.41 Å². The minimum atomic E-state index is -0.936. The summed E-state index contributed by atoms with van der Waals surface area (Å²) in [4.78, 5) is 36.0. The number of nitrogens with one attached hydrogen (secondary N) is 1. The molecule has 7 heteroatoms. The number of aliphatic carboxylic acids is 1. The fraction of sp³-hybridized carbons (Fsp3) is 0.438. The maximum atomic E-state index is 12.1. The van der Waals surface area contributed by atoms with E-state index in [2.05, 4.69) is 5.32 Å². The zero-order valence-corrected chi connectivity index (χ0v) is 13.4. The zero-order chi connectivity index (χ0) is 17.2. The predicted octanol–water partition coefficient (Wildman–Crippen LogP) is 1.87. The molecule has 23 heavy (non-hydrogen) atoms. The van der Waals surface area contributed by atoms with Gasteiger partial charge in [-0.3, -0.25) is 14.4 Å². The van der Waals surface area contributed by atoms with Crippen LogP contribution < -0.4 is 15.0 Å². The van der Waals surface area contributed by atoms with Crippen LogP contribution in [-0.2, 0) is 14.4 Å². The molecule has 0 saturated carbocycles. The first-order valence-electron chi connectivity index (χ1n) is 7.23. The van der Waals surface area contributed by atoms with Crippen LogP contribution in [-0.4, -0.2) is 36.5 Å². The molecule has 2 rings (SSSR count). The van der Waals surface area contributed by atoms with Crippen LogP contribution in [0.5, 0.6) is 5.75 Å². The second-order valence-electron chi connectivity index (χ2n) is 6.38. The molecule has 0 radical (unpaired) electrons. The Morgan fingerprint density at radius 2 is 2.04 bits per heavy atom. The summed E-state index contributed by atoms with van der Waals surface area (Å²) in [5.74, 6) is -0.796. The Bertz CT molecular complexity index is 654. The third kappa shape index (κ3) is 4.21. The number of hydrogen-bond acceptors (Lipinski definition) is 4. The van der Waals surface area contributed by atoms with Crippen molar-refractivity contribution < 1.29 is 24.2 Å². The summed E-state index contributed by atoms with van der Waals surface area (Å²) < 4.78 is 5.32. The van der Waals surface area contributed by atoms with E-state index in [4.69, 9.17) is 9.84 Å². The van der Waals surface area contributed by atoms with Crippen LogP contribution in [0.15, 0.2) is 18.2 Å². The molecule has 0 saturated heterocycles. The summed E-state index contributed by atoms with van der Waals surface area (Å²) in [5.41, 5.74) is 0.480. The van der Waals surface area contributed by atoms with Crippen molar-refractivity contribution in [1.29, 1.82) is 0 Å². The Kier molecular flexibility index (Phi) is 4.58. The number of nitrogens with zero attached hydrogens (tertiary/aromatic N) is 1. The van der Waals surface area contributed by atoms with Crippen molar-refractivity contribution in [3.05, 3.63) is 18.2 Å². The molecule has 0 unspecified atom stereocenters. The predicted molar refractivity (Wildman–Crippen MR) is 84.6 cm³/mol. The van der Waals surface area contributed by atoms with Crippen LogP contribution in [0, 0.1) is 5.41 Å². The Labute approximate surface area is 134 Å². The molecule has 1 aliphatic rings. The molecule has 1 aliphatic heterocycles. The first-order valence-corrected chi connectivity index (χ1v) is 7.23. The van der Waals surface area contributed by atoms with Crippen molar-refractivity contribution in [3.63, 3.8) is 0 Å². The quantitative estimate of drug-likeness (QED) is 0.863. The second-order valence-corrected chi connectivity index (χ2v) is 6.38. The number of likely N-dealkylation sites (N-methyl/N-ethyl adjacent to an activating group) is 1. The SMILES string of the molecule is CN1C(=O)COc2ccc(NC(=O)CC(C)(C)CC(=O)O)cc21. The van der Waals surface area contributed by atoms with Gasteiger partial charge < -0.3 is 20.1 Å². The number of hydrogen-bond donors (Lipinski definition) is 2. The first kappa shape index (κ1) is 16.8. The van der Waals surface area contributed by atoms with E-state index in [0.29, 0.717) is 17.1 Å². The van der Waals surface area contributed by atoms with Gasteiger partial charge in [0.25, 0.3) is 5.91 Å². The first-order chi connectivity index (χ1) is 10.7. The van der Waals surface area contributed by atoms with Gasteiger partial charge in [-0.25, -0.2) is 0 Å². The number of rotatable bonds is 5. The van der Waals surface area contributed by atoms with E-state index in [1.165, 1.54) is 4.90 Å². The zero-order valence-electron chi connectivity index (χ0n) is 13.4. The molecular weight excluding hydrogens is 300 g/mol. The van der Waals surface area contributed by atoms with E-state index in [1.807, 2.05) is 0 Å². The van der Waals surface area contributed by atoms with E-state index >= 15 is 0 Å². The largest absolute Gasteiger partial charge is 0.482 e. The van der Waals surface area contributed by atoms with Crippen molar-refractivity contribution in [2.75, 3.05) is 23.9 Å². The minimum Gasteiger partial charge on any atom is -0.482 e. The molecule has 0 aromatic heterocycles. The highest BCUT2D eigenvalue weighted by Crippen LogP contribution is 2.34. The highest BCUT2D eigenvalue weighted by molar-refractivity contribution is 5.99. The number of carboxylic acid groups (broad SMARTS) is 1. The van der Waals surface area contributed by atoms with E-state index in [1.54, 1.807) is 39.1 Å². The van der Waals surface area contributed by atoms with Gasteiger partial charge in [-0.1, -0.05) is 13.8 Å². The average Bonchev–Trinajstić information content (AvgIpc) is 2.41. The van der Waals surface area contributed by atoms with Crippen molar-refractivity contribution in [1.82, 2.24) is 0 Å². The summed E-state index contributed by atoms with van der Waals surface area (Å²) in [6, 6.07) is 5.04. The number of anilines is 2. The molecule has 124 valence electrons. The number of amides is 2. The molecule has 1 heterocycles.